The zero-order chi connectivity index (χ0) is 11.5. The van der Waals surface area contributed by atoms with Crippen LogP contribution >= 0.6 is 0 Å². The van der Waals surface area contributed by atoms with Gasteiger partial charge in [-0.05, 0) is 46.5 Å². The Balaban J connectivity index is 2.48. The minimum Gasteiger partial charge on any atom is -0.443 e. The third-order valence-electron chi connectivity index (χ3n) is 3.07. The summed E-state index contributed by atoms with van der Waals surface area (Å²) in [5.41, 5.74) is -0.183. The Hall–Kier alpha value is -0.730. The molecule has 0 N–H and O–H groups in total. The molecule has 1 rings (SSSR count). The van der Waals surface area contributed by atoms with Gasteiger partial charge in [0.15, 0.2) is 0 Å². The van der Waals surface area contributed by atoms with Crippen LogP contribution in [0.3, 0.4) is 0 Å². The van der Waals surface area contributed by atoms with E-state index in [1.54, 1.807) is 0 Å². The molecule has 0 aromatic carbocycles. The van der Waals surface area contributed by atoms with Gasteiger partial charge in [0.25, 0.3) is 0 Å². The van der Waals surface area contributed by atoms with Crippen LogP contribution in [0.25, 0.3) is 0 Å². The van der Waals surface area contributed by atoms with Crippen molar-refractivity contribution in [3.8, 4) is 0 Å². The Morgan fingerprint density at radius 3 is 2.40 bits per heavy atom. The fourth-order valence-electron chi connectivity index (χ4n) is 1.85. The van der Waals surface area contributed by atoms with Gasteiger partial charge in [-0.1, -0.05) is 6.92 Å². The van der Waals surface area contributed by atoms with E-state index in [0.717, 1.165) is 25.8 Å². The summed E-state index contributed by atoms with van der Waals surface area (Å²) in [7, 11) is 0. The Morgan fingerprint density at radius 1 is 1.47 bits per heavy atom. The van der Waals surface area contributed by atoms with Crippen molar-refractivity contribution in [3.05, 3.63) is 0 Å². The summed E-state index contributed by atoms with van der Waals surface area (Å²) in [6.45, 7) is 8.94. The van der Waals surface area contributed by atoms with E-state index < -0.39 is 0 Å². The Morgan fingerprint density at radius 2 is 2.07 bits per heavy atom. The number of rotatable bonds is 4. The second-order valence-electron chi connectivity index (χ2n) is 4.96. The molecule has 1 aliphatic rings. The zero-order valence-electron chi connectivity index (χ0n) is 10.4. The third kappa shape index (κ3) is 3.11. The summed E-state index contributed by atoms with van der Waals surface area (Å²) in [4.78, 5) is 13.7. The molecule has 0 aliphatic heterocycles. The fourth-order valence-corrected chi connectivity index (χ4v) is 1.85. The lowest BCUT2D eigenvalue weighted by Gasteiger charge is -2.39. The van der Waals surface area contributed by atoms with Crippen molar-refractivity contribution >= 4 is 6.09 Å². The molecule has 0 aromatic heterocycles. The first-order valence-corrected chi connectivity index (χ1v) is 5.98. The highest BCUT2D eigenvalue weighted by Crippen LogP contribution is 2.35. The molecule has 3 nitrogen and oxygen atoms in total. The van der Waals surface area contributed by atoms with Crippen LogP contribution in [0.2, 0.25) is 0 Å². The van der Waals surface area contributed by atoms with E-state index >= 15 is 0 Å². The van der Waals surface area contributed by atoms with Crippen LogP contribution in [0, 0.1) is 0 Å². The largest absolute Gasteiger partial charge is 0.443 e. The molecule has 0 atom stereocenters. The number of hydrogen-bond acceptors (Lipinski definition) is 2. The molecule has 15 heavy (non-hydrogen) atoms. The second kappa shape index (κ2) is 4.86. The van der Waals surface area contributed by atoms with Gasteiger partial charge >= 0.3 is 6.09 Å². The topological polar surface area (TPSA) is 29.5 Å². The highest BCUT2D eigenvalue weighted by atomic mass is 16.6. The van der Waals surface area contributed by atoms with Gasteiger partial charge in [-0.15, -0.1) is 0 Å². The molecule has 0 unspecified atom stereocenters. The maximum absolute atomic E-state index is 11.9. The molecule has 88 valence electrons. The van der Waals surface area contributed by atoms with Crippen molar-refractivity contribution in [2.24, 2.45) is 0 Å². The van der Waals surface area contributed by atoms with E-state index in [9.17, 15) is 4.79 Å². The molecular weight excluding hydrogens is 190 g/mol. The minimum atomic E-state index is -0.183. The predicted molar refractivity (Wildman–Crippen MR) is 60.9 cm³/mol. The summed E-state index contributed by atoms with van der Waals surface area (Å²) in [5.74, 6) is 0. The Labute approximate surface area is 92.8 Å². The number of nitrogens with zero attached hydrogens (tertiary/aromatic N) is 1. The quantitative estimate of drug-likeness (QED) is 0.717. The maximum Gasteiger partial charge on any atom is 0.410 e. The average Bonchev–Trinajstić information content (AvgIpc) is 2.10. The normalized spacial score (nSPS) is 18.5. The monoisotopic (exact) mass is 213 g/mol. The van der Waals surface area contributed by atoms with Gasteiger partial charge in [0.2, 0.25) is 0 Å². The van der Waals surface area contributed by atoms with Gasteiger partial charge in [0.05, 0.1) is 0 Å². The van der Waals surface area contributed by atoms with Crippen molar-refractivity contribution in [2.45, 2.75) is 65.0 Å². The SMILES string of the molecule is CCCN(C(=O)OC1(C)CCC1)C(C)C. The van der Waals surface area contributed by atoms with Gasteiger partial charge in [-0.2, -0.15) is 0 Å². The Bertz CT molecular complexity index is 222. The van der Waals surface area contributed by atoms with Crippen LogP contribution < -0.4 is 0 Å². The molecule has 1 amide bonds. The molecule has 0 saturated heterocycles. The summed E-state index contributed by atoms with van der Waals surface area (Å²) >= 11 is 0. The van der Waals surface area contributed by atoms with Crippen molar-refractivity contribution in [3.63, 3.8) is 0 Å². The smallest absolute Gasteiger partial charge is 0.410 e. The first-order chi connectivity index (χ1) is 6.98. The van der Waals surface area contributed by atoms with E-state index in [2.05, 4.69) is 6.92 Å². The highest BCUT2D eigenvalue weighted by Gasteiger charge is 2.37. The van der Waals surface area contributed by atoms with Crippen LogP contribution in [-0.2, 0) is 4.74 Å². The van der Waals surface area contributed by atoms with E-state index in [4.69, 9.17) is 4.74 Å². The molecule has 0 aromatic rings. The van der Waals surface area contributed by atoms with Crippen LogP contribution in [0.5, 0.6) is 0 Å². The standard InChI is InChI=1S/C12H23NO2/c1-5-9-13(10(2)3)11(14)15-12(4)7-6-8-12/h10H,5-9H2,1-4H3. The van der Waals surface area contributed by atoms with Gasteiger partial charge < -0.3 is 9.64 Å². The third-order valence-corrected chi connectivity index (χ3v) is 3.07. The van der Waals surface area contributed by atoms with E-state index in [1.807, 2.05) is 25.7 Å². The van der Waals surface area contributed by atoms with Crippen molar-refractivity contribution in [2.75, 3.05) is 6.54 Å². The van der Waals surface area contributed by atoms with Crippen LogP contribution in [0.15, 0.2) is 0 Å². The van der Waals surface area contributed by atoms with Gasteiger partial charge in [-0.3, -0.25) is 0 Å². The maximum atomic E-state index is 11.9. The van der Waals surface area contributed by atoms with Gasteiger partial charge in [-0.25, -0.2) is 4.79 Å². The summed E-state index contributed by atoms with van der Waals surface area (Å²) < 4.78 is 5.54. The fraction of sp³-hybridized carbons (Fsp3) is 0.917. The van der Waals surface area contributed by atoms with Gasteiger partial charge in [0, 0.05) is 12.6 Å². The summed E-state index contributed by atoms with van der Waals surface area (Å²) in [5, 5.41) is 0. The second-order valence-corrected chi connectivity index (χ2v) is 4.96. The molecule has 1 fully saturated rings. The first-order valence-electron chi connectivity index (χ1n) is 5.98. The van der Waals surface area contributed by atoms with Crippen LogP contribution in [0.1, 0.15) is 53.4 Å². The minimum absolute atomic E-state index is 0.144. The number of carbonyl (C=O) groups excluding carboxylic acids is 1. The number of hydrogen-bond donors (Lipinski definition) is 0. The number of carbonyl (C=O) groups is 1. The molecule has 1 saturated carbocycles. The lowest BCUT2D eigenvalue weighted by molar-refractivity contribution is -0.0506. The molecule has 0 radical (unpaired) electrons. The Kier molecular flexibility index (Phi) is 4.00. The number of ether oxygens (including phenoxy) is 1. The molecular formula is C12H23NO2. The first kappa shape index (κ1) is 12.3. The van der Waals surface area contributed by atoms with Crippen LogP contribution in [-0.4, -0.2) is 29.2 Å². The van der Waals surface area contributed by atoms with Crippen molar-refractivity contribution in [1.82, 2.24) is 4.90 Å². The average molecular weight is 213 g/mol. The van der Waals surface area contributed by atoms with E-state index in [0.29, 0.717) is 0 Å². The van der Waals surface area contributed by atoms with Crippen LogP contribution in [0.4, 0.5) is 4.79 Å². The van der Waals surface area contributed by atoms with Crippen molar-refractivity contribution < 1.29 is 9.53 Å². The molecule has 1 aliphatic carbocycles. The summed E-state index contributed by atoms with van der Waals surface area (Å²) in [6, 6.07) is 0.223. The molecule has 0 spiro atoms. The van der Waals surface area contributed by atoms with Crippen molar-refractivity contribution in [1.29, 1.82) is 0 Å². The summed E-state index contributed by atoms with van der Waals surface area (Å²) in [6.07, 6.45) is 4.03. The number of amides is 1. The van der Waals surface area contributed by atoms with E-state index in [-0.39, 0.29) is 17.7 Å². The lowest BCUT2D eigenvalue weighted by Crippen LogP contribution is -2.46. The molecule has 0 bridgehead atoms. The van der Waals surface area contributed by atoms with E-state index in [1.165, 1.54) is 6.42 Å². The molecule has 3 heteroatoms. The lowest BCUT2D eigenvalue weighted by atomic mass is 9.82. The predicted octanol–water partition coefficient (Wildman–Crippen LogP) is 3.19. The van der Waals surface area contributed by atoms with Gasteiger partial charge in [0.1, 0.15) is 5.60 Å². The highest BCUT2D eigenvalue weighted by molar-refractivity contribution is 5.68. The molecule has 0 heterocycles. The zero-order valence-corrected chi connectivity index (χ0v) is 10.4.